The Morgan fingerprint density at radius 3 is 2.68 bits per heavy atom. The summed E-state index contributed by atoms with van der Waals surface area (Å²) in [4.78, 5) is 22.8. The molecule has 0 aliphatic carbocycles. The van der Waals surface area contributed by atoms with Crippen molar-refractivity contribution in [2.75, 3.05) is 0 Å². The number of rotatable bonds is 3. The Morgan fingerprint density at radius 2 is 2.05 bits per heavy atom. The average molecular weight is 260 g/mol. The van der Waals surface area contributed by atoms with Crippen LogP contribution >= 0.6 is 0 Å². The van der Waals surface area contributed by atoms with E-state index in [4.69, 9.17) is 4.74 Å². The van der Waals surface area contributed by atoms with E-state index in [9.17, 15) is 9.59 Å². The molecular weight excluding hydrogens is 244 g/mol. The zero-order valence-corrected chi connectivity index (χ0v) is 11.2. The van der Waals surface area contributed by atoms with Gasteiger partial charge in [-0.2, -0.15) is 5.10 Å². The number of para-hydroxylation sites is 1. The van der Waals surface area contributed by atoms with Crippen LogP contribution in [0, 0.1) is 0 Å². The van der Waals surface area contributed by atoms with E-state index in [0.717, 1.165) is 10.9 Å². The first kappa shape index (κ1) is 13.3. The number of aromatic nitrogens is 2. The van der Waals surface area contributed by atoms with Gasteiger partial charge in [-0.15, -0.1) is 0 Å². The number of ether oxygens (including phenoxy) is 1. The van der Waals surface area contributed by atoms with Gasteiger partial charge < -0.3 is 4.74 Å². The zero-order valence-electron chi connectivity index (χ0n) is 11.2. The quantitative estimate of drug-likeness (QED) is 0.627. The molecule has 0 unspecified atom stereocenters. The number of nitrogens with zero attached hydrogens (tertiary/aromatic N) is 2. The summed E-state index contributed by atoms with van der Waals surface area (Å²) in [5.41, 5.74) is 0.544. The van der Waals surface area contributed by atoms with E-state index >= 15 is 0 Å². The van der Waals surface area contributed by atoms with Crippen LogP contribution in [0.1, 0.15) is 31.3 Å². The highest BCUT2D eigenvalue weighted by Crippen LogP contribution is 2.17. The highest BCUT2D eigenvalue weighted by atomic mass is 16.6. The molecule has 2 aromatic rings. The van der Waals surface area contributed by atoms with Crippen LogP contribution < -0.4 is 0 Å². The van der Waals surface area contributed by atoms with Gasteiger partial charge in [-0.3, -0.25) is 14.3 Å². The van der Waals surface area contributed by atoms with Crippen LogP contribution in [0.2, 0.25) is 0 Å². The molecule has 100 valence electrons. The lowest BCUT2D eigenvalue weighted by Gasteiger charge is -2.19. The van der Waals surface area contributed by atoms with Crippen LogP contribution in [0.4, 0.5) is 0 Å². The fourth-order valence-electron chi connectivity index (χ4n) is 1.86. The van der Waals surface area contributed by atoms with Crippen LogP contribution in [0.15, 0.2) is 24.3 Å². The lowest BCUT2D eigenvalue weighted by atomic mass is 10.2. The minimum Gasteiger partial charge on any atom is -0.459 e. The Bertz CT molecular complexity index is 623. The van der Waals surface area contributed by atoms with Gasteiger partial charge in [0.1, 0.15) is 17.8 Å². The Hall–Kier alpha value is -2.17. The molecule has 0 fully saturated rings. The highest BCUT2D eigenvalue weighted by Gasteiger charge is 2.18. The van der Waals surface area contributed by atoms with Crippen LogP contribution in [0.25, 0.3) is 10.9 Å². The van der Waals surface area contributed by atoms with Crippen LogP contribution in [-0.4, -0.2) is 27.6 Å². The maximum Gasteiger partial charge on any atom is 0.328 e. The summed E-state index contributed by atoms with van der Waals surface area (Å²) in [6.07, 6.45) is 0.688. The van der Waals surface area contributed by atoms with Gasteiger partial charge in [0.25, 0.3) is 0 Å². The van der Waals surface area contributed by atoms with Gasteiger partial charge in [-0.25, -0.2) is 0 Å². The first-order chi connectivity index (χ1) is 8.90. The van der Waals surface area contributed by atoms with Crippen molar-refractivity contribution in [2.24, 2.45) is 0 Å². The second-order valence-corrected chi connectivity index (χ2v) is 5.26. The van der Waals surface area contributed by atoms with Crippen LogP contribution in [0.5, 0.6) is 0 Å². The summed E-state index contributed by atoms with van der Waals surface area (Å²) in [7, 11) is 0. The standard InChI is InChI=1S/C14H16N2O3/c1-14(2,3)19-13(18)8-16-12-7-5-4-6-10(12)11(9-17)15-16/h4-7,9H,8H2,1-3H3. The van der Waals surface area contributed by atoms with Crippen molar-refractivity contribution in [2.45, 2.75) is 32.9 Å². The van der Waals surface area contributed by atoms with Crippen molar-refractivity contribution < 1.29 is 14.3 Å². The molecule has 0 saturated carbocycles. The monoisotopic (exact) mass is 260 g/mol. The third-order valence-electron chi connectivity index (χ3n) is 2.50. The lowest BCUT2D eigenvalue weighted by Crippen LogP contribution is -2.26. The van der Waals surface area contributed by atoms with E-state index in [2.05, 4.69) is 5.10 Å². The molecule has 0 amide bonds. The smallest absolute Gasteiger partial charge is 0.328 e. The molecule has 19 heavy (non-hydrogen) atoms. The number of esters is 1. The summed E-state index contributed by atoms with van der Waals surface area (Å²) in [5, 5.41) is 4.86. The highest BCUT2D eigenvalue weighted by molar-refractivity contribution is 5.95. The summed E-state index contributed by atoms with van der Waals surface area (Å²) in [6.45, 7) is 5.42. The van der Waals surface area contributed by atoms with Crippen molar-refractivity contribution in [1.82, 2.24) is 9.78 Å². The number of hydrogen-bond acceptors (Lipinski definition) is 4. The number of fused-ring (bicyclic) bond motifs is 1. The maximum atomic E-state index is 11.8. The SMILES string of the molecule is CC(C)(C)OC(=O)Cn1nc(C=O)c2ccccc21. The summed E-state index contributed by atoms with van der Waals surface area (Å²) < 4.78 is 6.74. The molecule has 0 atom stereocenters. The third-order valence-corrected chi connectivity index (χ3v) is 2.50. The predicted octanol–water partition coefficient (Wildman–Crippen LogP) is 2.19. The second kappa shape index (κ2) is 4.84. The summed E-state index contributed by atoms with van der Waals surface area (Å²) in [5.74, 6) is -0.377. The van der Waals surface area contributed by atoms with Gasteiger partial charge in [0, 0.05) is 5.39 Å². The minimum absolute atomic E-state index is 0.00831. The molecule has 0 aliphatic heterocycles. The van der Waals surface area contributed by atoms with E-state index in [1.165, 1.54) is 4.68 Å². The van der Waals surface area contributed by atoms with Crippen molar-refractivity contribution >= 4 is 23.2 Å². The third kappa shape index (κ3) is 2.99. The molecule has 2 rings (SSSR count). The second-order valence-electron chi connectivity index (χ2n) is 5.26. The molecule has 1 heterocycles. The molecule has 5 heteroatoms. The molecule has 0 spiro atoms. The van der Waals surface area contributed by atoms with Gasteiger partial charge in [-0.1, -0.05) is 18.2 Å². The van der Waals surface area contributed by atoms with E-state index < -0.39 is 5.60 Å². The van der Waals surface area contributed by atoms with Crippen LogP contribution in [-0.2, 0) is 16.1 Å². The topological polar surface area (TPSA) is 61.2 Å². The Kier molecular flexibility index (Phi) is 3.38. The molecule has 0 radical (unpaired) electrons. The fourth-order valence-corrected chi connectivity index (χ4v) is 1.86. The van der Waals surface area contributed by atoms with Gasteiger partial charge in [0.15, 0.2) is 6.29 Å². The van der Waals surface area contributed by atoms with Gasteiger partial charge in [-0.05, 0) is 26.8 Å². The van der Waals surface area contributed by atoms with Crippen molar-refractivity contribution in [3.63, 3.8) is 0 Å². The average Bonchev–Trinajstić information content (AvgIpc) is 2.65. The van der Waals surface area contributed by atoms with Crippen molar-refractivity contribution in [3.8, 4) is 0 Å². The number of hydrogen-bond donors (Lipinski definition) is 0. The maximum absolute atomic E-state index is 11.8. The number of benzene rings is 1. The minimum atomic E-state index is -0.534. The first-order valence-electron chi connectivity index (χ1n) is 6.03. The normalized spacial score (nSPS) is 11.5. The lowest BCUT2D eigenvalue weighted by molar-refractivity contribution is -0.155. The predicted molar refractivity (Wildman–Crippen MR) is 71.0 cm³/mol. The zero-order chi connectivity index (χ0) is 14.0. The summed E-state index contributed by atoms with van der Waals surface area (Å²) in [6, 6.07) is 7.29. The Labute approximate surface area is 111 Å². The van der Waals surface area contributed by atoms with E-state index in [1.54, 1.807) is 6.07 Å². The van der Waals surface area contributed by atoms with Gasteiger partial charge >= 0.3 is 5.97 Å². The van der Waals surface area contributed by atoms with Crippen LogP contribution in [0.3, 0.4) is 0 Å². The molecule has 1 aromatic heterocycles. The molecule has 0 bridgehead atoms. The first-order valence-corrected chi connectivity index (χ1v) is 6.03. The molecule has 1 aromatic carbocycles. The van der Waals surface area contributed by atoms with Gasteiger partial charge in [0.05, 0.1) is 5.52 Å². The van der Waals surface area contributed by atoms with E-state index in [1.807, 2.05) is 39.0 Å². The molecule has 0 aliphatic rings. The van der Waals surface area contributed by atoms with Crippen molar-refractivity contribution in [1.29, 1.82) is 0 Å². The fraction of sp³-hybridized carbons (Fsp3) is 0.357. The van der Waals surface area contributed by atoms with E-state index in [-0.39, 0.29) is 12.5 Å². The molecule has 5 nitrogen and oxygen atoms in total. The number of aldehydes is 1. The number of carbonyl (C=O) groups excluding carboxylic acids is 2. The Balaban J connectivity index is 2.31. The molecular formula is C14H16N2O3. The van der Waals surface area contributed by atoms with Crippen molar-refractivity contribution in [3.05, 3.63) is 30.0 Å². The molecule has 0 saturated heterocycles. The largest absolute Gasteiger partial charge is 0.459 e. The number of carbonyl (C=O) groups is 2. The summed E-state index contributed by atoms with van der Waals surface area (Å²) >= 11 is 0. The Morgan fingerprint density at radius 1 is 1.37 bits per heavy atom. The molecule has 0 N–H and O–H groups in total. The van der Waals surface area contributed by atoms with Gasteiger partial charge in [0.2, 0.25) is 0 Å². The van der Waals surface area contributed by atoms with E-state index in [0.29, 0.717) is 12.0 Å².